The summed E-state index contributed by atoms with van der Waals surface area (Å²) in [6.45, 7) is 5.32. The standard InChI is InChI=1S/C19H25N5O4S/c1-3-7-20-16(26)9-15-10-17(27)24-19(23-15)29-11-18(28)22-14-6-4-5-13(8-14)21-12(2)25/h3-6,8,15,19,23H,1,7,9-11H2,2H3,(H,20,26)(H,21,25)(H,22,28)(H,24,27). The van der Waals surface area contributed by atoms with Gasteiger partial charge in [0.2, 0.25) is 23.6 Å². The van der Waals surface area contributed by atoms with Crippen molar-refractivity contribution in [2.24, 2.45) is 0 Å². The van der Waals surface area contributed by atoms with E-state index in [1.165, 1.54) is 18.7 Å². The molecule has 0 saturated carbocycles. The van der Waals surface area contributed by atoms with Gasteiger partial charge in [0.25, 0.3) is 0 Å². The van der Waals surface area contributed by atoms with E-state index >= 15 is 0 Å². The van der Waals surface area contributed by atoms with Gasteiger partial charge < -0.3 is 21.3 Å². The fraction of sp³-hybridized carbons (Fsp3) is 0.368. The summed E-state index contributed by atoms with van der Waals surface area (Å²) in [5.74, 6) is -0.700. The summed E-state index contributed by atoms with van der Waals surface area (Å²) in [4.78, 5) is 47.1. The SMILES string of the molecule is C=CCNC(=O)CC1CC(=O)NC(SCC(=O)Nc2cccc(NC(C)=O)c2)N1. The molecule has 0 spiro atoms. The van der Waals surface area contributed by atoms with Crippen molar-refractivity contribution in [2.45, 2.75) is 31.3 Å². The lowest BCUT2D eigenvalue weighted by atomic mass is 10.1. The first-order valence-electron chi connectivity index (χ1n) is 9.08. The zero-order valence-electron chi connectivity index (χ0n) is 16.1. The quantitative estimate of drug-likeness (QED) is 0.376. The molecule has 156 valence electrons. The number of benzene rings is 1. The number of carbonyl (C=O) groups excluding carboxylic acids is 4. The van der Waals surface area contributed by atoms with Gasteiger partial charge in [0.15, 0.2) is 0 Å². The second-order valence-electron chi connectivity index (χ2n) is 6.43. The van der Waals surface area contributed by atoms with Crippen LogP contribution < -0.4 is 26.6 Å². The van der Waals surface area contributed by atoms with Crippen LogP contribution in [0.3, 0.4) is 0 Å². The molecule has 2 atom stereocenters. The highest BCUT2D eigenvalue weighted by molar-refractivity contribution is 8.00. The van der Waals surface area contributed by atoms with Crippen molar-refractivity contribution in [2.75, 3.05) is 22.9 Å². The van der Waals surface area contributed by atoms with Gasteiger partial charge in [-0.05, 0) is 18.2 Å². The number of hydrogen-bond acceptors (Lipinski definition) is 6. The van der Waals surface area contributed by atoms with E-state index in [9.17, 15) is 19.2 Å². The molecular formula is C19H25N5O4S. The van der Waals surface area contributed by atoms with Crippen molar-refractivity contribution in [3.05, 3.63) is 36.9 Å². The predicted molar refractivity (Wildman–Crippen MR) is 113 cm³/mol. The van der Waals surface area contributed by atoms with Gasteiger partial charge in [0.05, 0.1) is 5.75 Å². The molecule has 4 amide bonds. The molecule has 5 N–H and O–H groups in total. The van der Waals surface area contributed by atoms with E-state index in [1.54, 1.807) is 30.3 Å². The molecular weight excluding hydrogens is 394 g/mol. The zero-order valence-corrected chi connectivity index (χ0v) is 16.9. The first kappa shape index (κ1) is 22.4. The molecule has 0 radical (unpaired) electrons. The Morgan fingerprint density at radius 2 is 1.97 bits per heavy atom. The van der Waals surface area contributed by atoms with Crippen molar-refractivity contribution in [1.82, 2.24) is 16.0 Å². The maximum absolute atomic E-state index is 12.2. The van der Waals surface area contributed by atoms with Crippen molar-refractivity contribution >= 4 is 46.8 Å². The van der Waals surface area contributed by atoms with Gasteiger partial charge in [-0.3, -0.25) is 24.5 Å². The van der Waals surface area contributed by atoms with Crippen LogP contribution in [0.2, 0.25) is 0 Å². The predicted octanol–water partition coefficient (Wildman–Crippen LogP) is 0.771. The molecule has 1 aliphatic rings. The van der Waals surface area contributed by atoms with Crippen molar-refractivity contribution < 1.29 is 19.2 Å². The third kappa shape index (κ3) is 8.36. The third-order valence-electron chi connectivity index (χ3n) is 3.83. The number of nitrogens with one attached hydrogen (secondary N) is 5. The van der Waals surface area contributed by atoms with Gasteiger partial charge in [-0.25, -0.2) is 0 Å². The summed E-state index contributed by atoms with van der Waals surface area (Å²) in [7, 11) is 0. The molecule has 1 heterocycles. The van der Waals surface area contributed by atoms with E-state index in [-0.39, 0.29) is 48.3 Å². The molecule has 1 aromatic carbocycles. The number of rotatable bonds is 9. The average molecular weight is 420 g/mol. The van der Waals surface area contributed by atoms with Crippen LogP contribution in [-0.4, -0.2) is 47.5 Å². The number of carbonyl (C=O) groups is 4. The Labute approximate surface area is 173 Å². The Morgan fingerprint density at radius 1 is 1.24 bits per heavy atom. The van der Waals surface area contributed by atoms with Crippen LogP contribution >= 0.6 is 11.8 Å². The van der Waals surface area contributed by atoms with Gasteiger partial charge in [0.1, 0.15) is 5.50 Å². The minimum Gasteiger partial charge on any atom is -0.353 e. The van der Waals surface area contributed by atoms with Gasteiger partial charge in [0, 0.05) is 43.7 Å². The Hall–Kier alpha value is -2.85. The minimum atomic E-state index is -0.468. The molecule has 2 unspecified atom stereocenters. The van der Waals surface area contributed by atoms with E-state index in [0.717, 1.165) is 0 Å². The molecule has 0 bridgehead atoms. The molecule has 0 aliphatic carbocycles. The van der Waals surface area contributed by atoms with Gasteiger partial charge in [-0.2, -0.15) is 0 Å². The minimum absolute atomic E-state index is 0.0949. The number of thioether (sulfide) groups is 1. The molecule has 10 heteroatoms. The molecule has 9 nitrogen and oxygen atoms in total. The van der Waals surface area contributed by atoms with Crippen LogP contribution in [0.5, 0.6) is 0 Å². The van der Waals surface area contributed by atoms with Crippen LogP contribution in [0.4, 0.5) is 11.4 Å². The third-order valence-corrected chi connectivity index (χ3v) is 4.85. The largest absolute Gasteiger partial charge is 0.353 e. The van der Waals surface area contributed by atoms with Crippen LogP contribution in [0.1, 0.15) is 19.8 Å². The Bertz CT molecular complexity index is 786. The molecule has 0 aromatic heterocycles. The molecule has 2 rings (SSSR count). The highest BCUT2D eigenvalue weighted by Gasteiger charge is 2.27. The smallest absolute Gasteiger partial charge is 0.234 e. The van der Waals surface area contributed by atoms with E-state index in [4.69, 9.17) is 0 Å². The summed E-state index contributed by atoms with van der Waals surface area (Å²) < 4.78 is 0. The van der Waals surface area contributed by atoms with Crippen molar-refractivity contribution in [3.63, 3.8) is 0 Å². The summed E-state index contributed by atoms with van der Waals surface area (Å²) in [6, 6.07) is 6.51. The van der Waals surface area contributed by atoms with Crippen LogP contribution in [-0.2, 0) is 19.2 Å². The van der Waals surface area contributed by atoms with Crippen LogP contribution in [0.25, 0.3) is 0 Å². The topological polar surface area (TPSA) is 128 Å². The summed E-state index contributed by atoms with van der Waals surface area (Å²) in [5, 5.41) is 14.0. The summed E-state index contributed by atoms with van der Waals surface area (Å²) in [5.41, 5.74) is 0.672. The lowest BCUT2D eigenvalue weighted by Crippen LogP contribution is -2.56. The number of amides is 4. The highest BCUT2D eigenvalue weighted by atomic mass is 32.2. The second kappa shape index (κ2) is 11.2. The Balaban J connectivity index is 1.81. The lowest BCUT2D eigenvalue weighted by molar-refractivity contribution is -0.125. The normalized spacial score (nSPS) is 18.3. The first-order valence-corrected chi connectivity index (χ1v) is 10.1. The highest BCUT2D eigenvalue weighted by Crippen LogP contribution is 2.17. The Morgan fingerprint density at radius 3 is 2.66 bits per heavy atom. The first-order chi connectivity index (χ1) is 13.9. The van der Waals surface area contributed by atoms with Crippen LogP contribution in [0.15, 0.2) is 36.9 Å². The fourth-order valence-corrected chi connectivity index (χ4v) is 3.57. The van der Waals surface area contributed by atoms with Gasteiger partial charge in [-0.15, -0.1) is 18.3 Å². The summed E-state index contributed by atoms with van der Waals surface area (Å²) >= 11 is 1.22. The second-order valence-corrected chi connectivity index (χ2v) is 7.53. The van der Waals surface area contributed by atoms with Crippen LogP contribution in [0, 0.1) is 0 Å². The lowest BCUT2D eigenvalue weighted by Gasteiger charge is -2.30. The molecule has 29 heavy (non-hydrogen) atoms. The zero-order chi connectivity index (χ0) is 21.2. The fourth-order valence-electron chi connectivity index (χ4n) is 2.68. The van der Waals surface area contributed by atoms with Crippen molar-refractivity contribution in [3.8, 4) is 0 Å². The average Bonchev–Trinajstić information content (AvgIpc) is 2.64. The summed E-state index contributed by atoms with van der Waals surface area (Å²) in [6.07, 6.45) is 1.95. The number of hydrogen-bond donors (Lipinski definition) is 5. The van der Waals surface area contributed by atoms with E-state index in [0.29, 0.717) is 17.9 Å². The molecule has 1 fully saturated rings. The Kier molecular flexibility index (Phi) is 8.68. The molecule has 1 saturated heterocycles. The van der Waals surface area contributed by atoms with Gasteiger partial charge >= 0.3 is 0 Å². The number of anilines is 2. The van der Waals surface area contributed by atoms with E-state index in [1.807, 2.05) is 0 Å². The van der Waals surface area contributed by atoms with Gasteiger partial charge in [-0.1, -0.05) is 12.1 Å². The van der Waals surface area contributed by atoms with Crippen molar-refractivity contribution in [1.29, 1.82) is 0 Å². The molecule has 1 aromatic rings. The van der Waals surface area contributed by atoms with E-state index in [2.05, 4.69) is 33.2 Å². The maximum atomic E-state index is 12.2. The van der Waals surface area contributed by atoms with E-state index < -0.39 is 5.50 Å². The maximum Gasteiger partial charge on any atom is 0.234 e. The monoisotopic (exact) mass is 419 g/mol. The molecule has 1 aliphatic heterocycles.